The van der Waals surface area contributed by atoms with E-state index < -0.39 is 18.0 Å². The standard InChI is InChI=1S/C16H23N3O4S2/c1-7-12-11(8(2)20)15(21)19(12)13(16(22)23)14(7)25-9-4-18(5-9)10(17)6-24-3/h7-9,11-12,17,20H,4-6H2,1-3H3,(H,22,23)/t7-,8-,11-,12-/m1/s1. The fourth-order valence-electron chi connectivity index (χ4n) is 3.82. The Bertz CT molecular complexity index is 645. The summed E-state index contributed by atoms with van der Waals surface area (Å²) in [5.41, 5.74) is 0.0852. The molecule has 0 bridgehead atoms. The van der Waals surface area contributed by atoms with E-state index in [1.54, 1.807) is 18.7 Å². The van der Waals surface area contributed by atoms with E-state index in [4.69, 9.17) is 5.41 Å². The minimum atomic E-state index is -1.08. The molecule has 1 amide bonds. The maximum atomic E-state index is 12.3. The number of aliphatic hydroxyl groups is 1. The molecule has 3 rings (SSSR count). The number of hydrogen-bond acceptors (Lipinski definition) is 6. The molecule has 0 aromatic carbocycles. The molecule has 2 saturated heterocycles. The molecule has 3 aliphatic rings. The number of aliphatic hydroxyl groups excluding tert-OH is 1. The first-order valence-corrected chi connectivity index (χ1v) is 10.5. The quantitative estimate of drug-likeness (QED) is 0.354. The van der Waals surface area contributed by atoms with Crippen LogP contribution in [-0.4, -0.2) is 80.2 Å². The van der Waals surface area contributed by atoms with E-state index in [1.165, 1.54) is 16.7 Å². The molecule has 0 unspecified atom stereocenters. The zero-order chi connectivity index (χ0) is 18.5. The normalized spacial score (nSPS) is 30.1. The van der Waals surface area contributed by atoms with Crippen LogP contribution >= 0.6 is 23.5 Å². The zero-order valence-electron chi connectivity index (χ0n) is 14.4. The fraction of sp³-hybridized carbons (Fsp3) is 0.688. The van der Waals surface area contributed by atoms with Gasteiger partial charge in [-0.15, -0.1) is 11.8 Å². The summed E-state index contributed by atoms with van der Waals surface area (Å²) in [7, 11) is 0. The highest BCUT2D eigenvalue weighted by atomic mass is 32.2. The van der Waals surface area contributed by atoms with E-state index in [1.807, 2.05) is 18.1 Å². The number of amidine groups is 1. The third-order valence-corrected chi connectivity index (χ3v) is 7.13. The zero-order valence-corrected chi connectivity index (χ0v) is 16.1. The van der Waals surface area contributed by atoms with Gasteiger partial charge in [-0.2, -0.15) is 11.8 Å². The monoisotopic (exact) mass is 385 g/mol. The number of carbonyl (C=O) groups is 2. The van der Waals surface area contributed by atoms with Gasteiger partial charge in [0.05, 0.1) is 23.8 Å². The molecule has 4 atom stereocenters. The number of thioether (sulfide) groups is 2. The summed E-state index contributed by atoms with van der Waals surface area (Å²) in [5, 5.41) is 27.6. The number of hydrogen-bond donors (Lipinski definition) is 3. The molecule has 7 nitrogen and oxygen atoms in total. The van der Waals surface area contributed by atoms with E-state index in [2.05, 4.69) is 0 Å². The Morgan fingerprint density at radius 1 is 1.44 bits per heavy atom. The van der Waals surface area contributed by atoms with Crippen LogP contribution < -0.4 is 0 Å². The lowest BCUT2D eigenvalue weighted by Crippen LogP contribution is -2.63. The molecule has 0 aliphatic carbocycles. The number of β-lactam (4-membered cyclic amide) rings is 1. The number of fused-ring (bicyclic) bond motifs is 1. The van der Waals surface area contributed by atoms with Gasteiger partial charge in [0.2, 0.25) is 5.91 Å². The van der Waals surface area contributed by atoms with E-state index in [0.717, 1.165) is 18.0 Å². The molecule has 0 aromatic heterocycles. The molecule has 0 saturated carbocycles. The van der Waals surface area contributed by atoms with Crippen molar-refractivity contribution < 1.29 is 19.8 Å². The van der Waals surface area contributed by atoms with Gasteiger partial charge in [0.15, 0.2) is 0 Å². The van der Waals surface area contributed by atoms with Crippen molar-refractivity contribution in [3.05, 3.63) is 10.6 Å². The first-order valence-electron chi connectivity index (χ1n) is 8.24. The summed E-state index contributed by atoms with van der Waals surface area (Å²) in [6.45, 7) is 4.97. The number of likely N-dealkylation sites (tertiary alicyclic amines) is 1. The van der Waals surface area contributed by atoms with E-state index in [9.17, 15) is 19.8 Å². The Labute approximate surface area is 155 Å². The van der Waals surface area contributed by atoms with Crippen LogP contribution in [0.3, 0.4) is 0 Å². The predicted molar refractivity (Wildman–Crippen MR) is 98.7 cm³/mol. The predicted octanol–water partition coefficient (Wildman–Crippen LogP) is 0.898. The first kappa shape index (κ1) is 18.6. The summed E-state index contributed by atoms with van der Waals surface area (Å²) in [6.07, 6.45) is 1.19. The molecular weight excluding hydrogens is 362 g/mol. The number of amides is 1. The molecule has 0 radical (unpaired) electrons. The summed E-state index contributed by atoms with van der Waals surface area (Å²) < 4.78 is 0. The Balaban J connectivity index is 1.72. The van der Waals surface area contributed by atoms with Gasteiger partial charge in [0, 0.05) is 29.2 Å². The molecule has 25 heavy (non-hydrogen) atoms. The Hall–Kier alpha value is -1.19. The molecule has 2 fully saturated rings. The lowest BCUT2D eigenvalue weighted by Gasteiger charge is -2.46. The minimum absolute atomic E-state index is 0.0852. The van der Waals surface area contributed by atoms with Crippen LogP contribution in [0.5, 0.6) is 0 Å². The van der Waals surface area contributed by atoms with Crippen molar-refractivity contribution in [1.29, 1.82) is 5.41 Å². The number of aliphatic carboxylic acids is 1. The summed E-state index contributed by atoms with van der Waals surface area (Å²) >= 11 is 3.13. The van der Waals surface area contributed by atoms with Gasteiger partial charge < -0.3 is 20.0 Å². The van der Waals surface area contributed by atoms with E-state index >= 15 is 0 Å². The van der Waals surface area contributed by atoms with Crippen molar-refractivity contribution in [2.75, 3.05) is 25.1 Å². The molecule has 3 N–H and O–H groups in total. The number of carboxylic acids is 1. The second-order valence-corrected chi connectivity index (χ2v) is 9.00. The van der Waals surface area contributed by atoms with Crippen molar-refractivity contribution in [3.8, 4) is 0 Å². The molecule has 3 heterocycles. The maximum Gasteiger partial charge on any atom is 0.353 e. The van der Waals surface area contributed by atoms with Crippen LogP contribution in [0.4, 0.5) is 0 Å². The van der Waals surface area contributed by atoms with Crippen molar-refractivity contribution in [2.24, 2.45) is 11.8 Å². The second-order valence-electron chi connectivity index (χ2n) is 6.80. The van der Waals surface area contributed by atoms with Crippen LogP contribution in [0.1, 0.15) is 13.8 Å². The lowest BCUT2D eigenvalue weighted by molar-refractivity contribution is -0.163. The van der Waals surface area contributed by atoms with E-state index in [0.29, 0.717) is 11.6 Å². The van der Waals surface area contributed by atoms with Crippen molar-refractivity contribution >= 4 is 41.2 Å². The highest BCUT2D eigenvalue weighted by Crippen LogP contribution is 2.51. The molecule has 3 aliphatic heterocycles. The van der Waals surface area contributed by atoms with Gasteiger partial charge >= 0.3 is 5.97 Å². The fourth-order valence-corrected chi connectivity index (χ4v) is 5.79. The van der Waals surface area contributed by atoms with Gasteiger partial charge in [-0.25, -0.2) is 4.79 Å². The molecular formula is C16H23N3O4S2. The smallest absolute Gasteiger partial charge is 0.353 e. The Kier molecular flexibility index (Phi) is 5.09. The lowest BCUT2D eigenvalue weighted by atomic mass is 9.79. The average molecular weight is 386 g/mol. The Morgan fingerprint density at radius 3 is 2.60 bits per heavy atom. The second kappa shape index (κ2) is 6.85. The number of nitrogens with zero attached hydrogens (tertiary/aromatic N) is 2. The highest BCUT2D eigenvalue weighted by molar-refractivity contribution is 8.03. The SMILES string of the molecule is CSCC(=N)N1CC(SC2=C(C(=O)O)N3C(=O)[C@H]([C@@H](C)O)[C@H]3[C@H]2C)C1. The summed E-state index contributed by atoms with van der Waals surface area (Å²) in [5.74, 6) is -0.706. The third-order valence-electron chi connectivity index (χ3n) is 5.12. The number of nitrogens with one attached hydrogen (secondary N) is 1. The van der Waals surface area contributed by atoms with Crippen LogP contribution in [0.2, 0.25) is 0 Å². The van der Waals surface area contributed by atoms with Crippen LogP contribution in [0, 0.1) is 17.2 Å². The van der Waals surface area contributed by atoms with Crippen molar-refractivity contribution in [1.82, 2.24) is 9.80 Å². The van der Waals surface area contributed by atoms with Gasteiger partial charge in [-0.05, 0) is 13.2 Å². The average Bonchev–Trinajstić information content (AvgIpc) is 2.71. The molecule has 0 spiro atoms. The molecule has 138 valence electrons. The minimum Gasteiger partial charge on any atom is -0.477 e. The Morgan fingerprint density at radius 2 is 2.08 bits per heavy atom. The first-order chi connectivity index (χ1) is 11.8. The van der Waals surface area contributed by atoms with Crippen molar-refractivity contribution in [2.45, 2.75) is 31.2 Å². The van der Waals surface area contributed by atoms with Gasteiger partial charge in [0.1, 0.15) is 11.5 Å². The molecule has 0 aromatic rings. The van der Waals surface area contributed by atoms with Crippen LogP contribution in [0.15, 0.2) is 10.6 Å². The highest BCUT2D eigenvalue weighted by Gasteiger charge is 2.60. The number of carboxylic acid groups (broad SMARTS) is 1. The van der Waals surface area contributed by atoms with Gasteiger partial charge in [-0.3, -0.25) is 10.2 Å². The van der Waals surface area contributed by atoms with Crippen LogP contribution in [0.25, 0.3) is 0 Å². The molecule has 9 heteroatoms. The van der Waals surface area contributed by atoms with Crippen molar-refractivity contribution in [3.63, 3.8) is 0 Å². The summed E-state index contributed by atoms with van der Waals surface area (Å²) in [4.78, 5) is 28.1. The van der Waals surface area contributed by atoms with Gasteiger partial charge in [0.25, 0.3) is 0 Å². The number of carbonyl (C=O) groups excluding carboxylic acids is 1. The maximum absolute atomic E-state index is 12.3. The largest absolute Gasteiger partial charge is 0.477 e. The summed E-state index contributed by atoms with van der Waals surface area (Å²) in [6, 6.07) is -0.257. The van der Waals surface area contributed by atoms with Crippen LogP contribution in [-0.2, 0) is 9.59 Å². The van der Waals surface area contributed by atoms with E-state index in [-0.39, 0.29) is 28.8 Å². The van der Waals surface area contributed by atoms with Gasteiger partial charge in [-0.1, -0.05) is 6.92 Å². The third kappa shape index (κ3) is 2.96. The number of rotatable bonds is 6. The topological polar surface area (TPSA) is 105 Å².